The monoisotopic (exact) mass is 420 g/mol. The average Bonchev–Trinajstić information content (AvgIpc) is 3.17. The lowest BCUT2D eigenvalue weighted by Gasteiger charge is -2.19. The normalized spacial score (nSPS) is 20.1. The highest BCUT2D eigenvalue weighted by Gasteiger charge is 2.33. The Morgan fingerprint density at radius 1 is 1.45 bits per heavy atom. The summed E-state index contributed by atoms with van der Waals surface area (Å²) in [5.74, 6) is 1.43. The molecule has 1 aliphatic carbocycles. The Hall–Kier alpha value is -1.05. The first kappa shape index (κ1) is 19.0. The average molecular weight is 420 g/mol. The highest BCUT2D eigenvalue weighted by Crippen LogP contribution is 2.28. The van der Waals surface area contributed by atoms with Crippen LogP contribution >= 0.6 is 24.0 Å². The summed E-state index contributed by atoms with van der Waals surface area (Å²) >= 11 is 0. The van der Waals surface area contributed by atoms with Crippen molar-refractivity contribution in [2.24, 2.45) is 10.9 Å². The SMILES string of the molecule is CN=C(NCCCN(C)c1cccc(F)c1)NC1CC1C.I. The molecule has 0 bridgehead atoms. The van der Waals surface area contributed by atoms with Crippen molar-refractivity contribution in [1.29, 1.82) is 0 Å². The molecule has 2 rings (SSSR count). The van der Waals surface area contributed by atoms with Gasteiger partial charge >= 0.3 is 0 Å². The first-order chi connectivity index (χ1) is 10.1. The van der Waals surface area contributed by atoms with Gasteiger partial charge in [0.2, 0.25) is 0 Å². The third-order valence-electron chi connectivity index (χ3n) is 3.87. The maximum atomic E-state index is 13.2. The van der Waals surface area contributed by atoms with Crippen LogP contribution in [0.5, 0.6) is 0 Å². The number of hydrogen-bond donors (Lipinski definition) is 2. The van der Waals surface area contributed by atoms with Crippen molar-refractivity contribution >= 4 is 35.6 Å². The van der Waals surface area contributed by atoms with Gasteiger partial charge in [0.05, 0.1) is 0 Å². The molecule has 1 aliphatic rings. The number of nitrogens with zero attached hydrogens (tertiary/aromatic N) is 2. The lowest BCUT2D eigenvalue weighted by Crippen LogP contribution is -2.40. The van der Waals surface area contributed by atoms with E-state index in [2.05, 4.69) is 27.4 Å². The van der Waals surface area contributed by atoms with Gasteiger partial charge < -0.3 is 15.5 Å². The van der Waals surface area contributed by atoms with Gasteiger partial charge in [-0.05, 0) is 37.0 Å². The summed E-state index contributed by atoms with van der Waals surface area (Å²) in [5.41, 5.74) is 0.907. The smallest absolute Gasteiger partial charge is 0.191 e. The Labute approximate surface area is 149 Å². The molecule has 124 valence electrons. The summed E-state index contributed by atoms with van der Waals surface area (Å²) in [6.45, 7) is 3.95. The van der Waals surface area contributed by atoms with Crippen LogP contribution in [0.2, 0.25) is 0 Å². The molecule has 0 amide bonds. The van der Waals surface area contributed by atoms with E-state index in [1.807, 2.05) is 13.1 Å². The molecule has 0 heterocycles. The number of hydrogen-bond acceptors (Lipinski definition) is 2. The zero-order valence-corrected chi connectivity index (χ0v) is 15.8. The highest BCUT2D eigenvalue weighted by atomic mass is 127. The number of aliphatic imine (C=N–C) groups is 1. The summed E-state index contributed by atoms with van der Waals surface area (Å²) in [6, 6.07) is 7.26. The molecule has 0 saturated heterocycles. The molecule has 6 heteroatoms. The van der Waals surface area contributed by atoms with Gasteiger partial charge in [0, 0.05) is 38.9 Å². The summed E-state index contributed by atoms with van der Waals surface area (Å²) in [4.78, 5) is 6.28. The van der Waals surface area contributed by atoms with E-state index in [1.54, 1.807) is 19.2 Å². The van der Waals surface area contributed by atoms with Crippen molar-refractivity contribution in [3.05, 3.63) is 30.1 Å². The van der Waals surface area contributed by atoms with E-state index in [0.29, 0.717) is 6.04 Å². The summed E-state index contributed by atoms with van der Waals surface area (Å²) in [6.07, 6.45) is 2.19. The van der Waals surface area contributed by atoms with Crippen molar-refractivity contribution in [2.45, 2.75) is 25.8 Å². The third-order valence-corrected chi connectivity index (χ3v) is 3.87. The number of guanidine groups is 1. The fourth-order valence-corrected chi connectivity index (χ4v) is 2.26. The Morgan fingerprint density at radius 2 is 2.18 bits per heavy atom. The Kier molecular flexibility index (Phi) is 7.92. The van der Waals surface area contributed by atoms with E-state index in [0.717, 1.165) is 37.1 Å². The van der Waals surface area contributed by atoms with Crippen molar-refractivity contribution in [2.75, 3.05) is 32.1 Å². The summed E-state index contributed by atoms with van der Waals surface area (Å²) in [7, 11) is 3.77. The van der Waals surface area contributed by atoms with Gasteiger partial charge in [-0.3, -0.25) is 4.99 Å². The molecule has 22 heavy (non-hydrogen) atoms. The van der Waals surface area contributed by atoms with Gasteiger partial charge in [0.25, 0.3) is 0 Å². The molecule has 1 aromatic rings. The largest absolute Gasteiger partial charge is 0.374 e. The van der Waals surface area contributed by atoms with Gasteiger partial charge in [-0.2, -0.15) is 0 Å². The van der Waals surface area contributed by atoms with Gasteiger partial charge in [-0.15, -0.1) is 24.0 Å². The Bertz CT molecular complexity index is 495. The minimum Gasteiger partial charge on any atom is -0.374 e. The molecule has 0 aromatic heterocycles. The quantitative estimate of drug-likeness (QED) is 0.322. The first-order valence-corrected chi connectivity index (χ1v) is 7.54. The number of benzene rings is 1. The van der Waals surface area contributed by atoms with Crippen LogP contribution in [-0.2, 0) is 0 Å². The minimum absolute atomic E-state index is 0. The zero-order chi connectivity index (χ0) is 15.2. The van der Waals surface area contributed by atoms with E-state index in [1.165, 1.54) is 12.5 Å². The number of halogens is 2. The van der Waals surface area contributed by atoms with Crippen LogP contribution in [0.15, 0.2) is 29.3 Å². The van der Waals surface area contributed by atoms with Crippen LogP contribution in [0.4, 0.5) is 10.1 Å². The molecule has 2 atom stereocenters. The highest BCUT2D eigenvalue weighted by molar-refractivity contribution is 14.0. The fraction of sp³-hybridized carbons (Fsp3) is 0.562. The van der Waals surface area contributed by atoms with Crippen LogP contribution in [0.1, 0.15) is 19.8 Å². The van der Waals surface area contributed by atoms with E-state index in [4.69, 9.17) is 0 Å². The molecule has 0 radical (unpaired) electrons. The topological polar surface area (TPSA) is 39.7 Å². The van der Waals surface area contributed by atoms with Gasteiger partial charge in [0.1, 0.15) is 5.82 Å². The maximum Gasteiger partial charge on any atom is 0.191 e. The number of nitrogens with one attached hydrogen (secondary N) is 2. The minimum atomic E-state index is -0.194. The molecular formula is C16H26FIN4. The van der Waals surface area contributed by atoms with Crippen LogP contribution < -0.4 is 15.5 Å². The predicted octanol–water partition coefficient (Wildman–Crippen LogP) is 2.84. The molecule has 2 N–H and O–H groups in total. The summed E-state index contributed by atoms with van der Waals surface area (Å²) in [5, 5.41) is 6.71. The van der Waals surface area contributed by atoms with Crippen LogP contribution in [-0.4, -0.2) is 39.2 Å². The molecule has 1 aromatic carbocycles. The van der Waals surface area contributed by atoms with Crippen molar-refractivity contribution in [3.8, 4) is 0 Å². The van der Waals surface area contributed by atoms with Crippen LogP contribution in [0.3, 0.4) is 0 Å². The van der Waals surface area contributed by atoms with Crippen molar-refractivity contribution in [3.63, 3.8) is 0 Å². The third kappa shape index (κ3) is 5.98. The zero-order valence-electron chi connectivity index (χ0n) is 13.5. The standard InChI is InChI=1S/C16H25FN4.HI/c1-12-10-15(12)20-16(18-2)19-8-5-9-21(3)14-7-4-6-13(17)11-14;/h4,6-7,11-12,15H,5,8-10H2,1-3H3,(H2,18,19,20);1H. The van der Waals surface area contributed by atoms with E-state index in [9.17, 15) is 4.39 Å². The van der Waals surface area contributed by atoms with Gasteiger partial charge in [-0.25, -0.2) is 4.39 Å². The Morgan fingerprint density at radius 3 is 2.77 bits per heavy atom. The van der Waals surface area contributed by atoms with Crippen LogP contribution in [0, 0.1) is 11.7 Å². The second kappa shape index (κ2) is 9.17. The predicted molar refractivity (Wildman–Crippen MR) is 102 cm³/mol. The lowest BCUT2D eigenvalue weighted by molar-refractivity contribution is 0.626. The van der Waals surface area contributed by atoms with Crippen molar-refractivity contribution in [1.82, 2.24) is 10.6 Å². The fourth-order valence-electron chi connectivity index (χ4n) is 2.26. The van der Waals surface area contributed by atoms with Gasteiger partial charge in [-0.1, -0.05) is 13.0 Å². The lowest BCUT2D eigenvalue weighted by atomic mass is 10.2. The van der Waals surface area contributed by atoms with E-state index >= 15 is 0 Å². The molecule has 0 spiro atoms. The van der Waals surface area contributed by atoms with Gasteiger partial charge in [0.15, 0.2) is 5.96 Å². The molecule has 1 fully saturated rings. The van der Waals surface area contributed by atoms with E-state index < -0.39 is 0 Å². The number of anilines is 1. The second-order valence-electron chi connectivity index (χ2n) is 5.72. The molecule has 1 saturated carbocycles. The first-order valence-electron chi connectivity index (χ1n) is 7.54. The maximum absolute atomic E-state index is 13.2. The van der Waals surface area contributed by atoms with Crippen LogP contribution in [0.25, 0.3) is 0 Å². The molecule has 2 unspecified atom stereocenters. The molecule has 0 aliphatic heterocycles. The number of rotatable bonds is 6. The Balaban J connectivity index is 0.00000242. The van der Waals surface area contributed by atoms with Crippen molar-refractivity contribution < 1.29 is 4.39 Å². The molecule has 4 nitrogen and oxygen atoms in total. The molecular weight excluding hydrogens is 394 g/mol. The summed E-state index contributed by atoms with van der Waals surface area (Å²) < 4.78 is 13.2. The second-order valence-corrected chi connectivity index (χ2v) is 5.72. The van der Waals surface area contributed by atoms with E-state index in [-0.39, 0.29) is 29.8 Å².